The summed E-state index contributed by atoms with van der Waals surface area (Å²) >= 11 is 3.47. The molecule has 1 heterocycles. The first-order chi connectivity index (χ1) is 7.34. The van der Waals surface area contributed by atoms with E-state index in [1.807, 2.05) is 6.07 Å². The molecule has 1 saturated heterocycles. The second-order valence-corrected chi connectivity index (χ2v) is 4.91. The lowest BCUT2D eigenvalue weighted by molar-refractivity contribution is 0.185. The molecular formula is C12H16BrNO. The molecule has 0 saturated carbocycles. The normalized spacial score (nSPS) is 20.7. The molecule has 1 unspecified atom stereocenters. The van der Waals surface area contributed by atoms with E-state index < -0.39 is 0 Å². The Bertz CT molecular complexity index is 310. The fraction of sp³-hybridized carbons (Fsp3) is 0.500. The second kappa shape index (κ2) is 5.64. The van der Waals surface area contributed by atoms with Gasteiger partial charge < -0.3 is 10.1 Å². The van der Waals surface area contributed by atoms with Gasteiger partial charge in [-0.15, -0.1) is 0 Å². The second-order valence-electron chi connectivity index (χ2n) is 3.99. The number of hydrogen-bond acceptors (Lipinski definition) is 2. The lowest BCUT2D eigenvalue weighted by atomic mass is 10.1. The molecule has 1 aliphatic heterocycles. The highest BCUT2D eigenvalue weighted by molar-refractivity contribution is 9.10. The summed E-state index contributed by atoms with van der Waals surface area (Å²) in [6.45, 7) is 3.86. The van der Waals surface area contributed by atoms with Crippen molar-refractivity contribution in [3.8, 4) is 0 Å². The molecule has 2 rings (SSSR count). The third-order valence-electron chi connectivity index (χ3n) is 2.68. The molecule has 0 aliphatic carbocycles. The van der Waals surface area contributed by atoms with Gasteiger partial charge in [0.05, 0.1) is 6.61 Å². The highest BCUT2D eigenvalue weighted by atomic mass is 79.9. The Labute approximate surface area is 99.1 Å². The summed E-state index contributed by atoms with van der Waals surface area (Å²) in [5.74, 6) is 0.706. The van der Waals surface area contributed by atoms with Crippen LogP contribution in [0.1, 0.15) is 12.0 Å². The highest BCUT2D eigenvalue weighted by Crippen LogP contribution is 2.13. The van der Waals surface area contributed by atoms with E-state index >= 15 is 0 Å². The monoisotopic (exact) mass is 269 g/mol. The third kappa shape index (κ3) is 3.59. The number of hydrogen-bond donors (Lipinski definition) is 1. The maximum atomic E-state index is 5.33. The van der Waals surface area contributed by atoms with Crippen LogP contribution in [0, 0.1) is 5.92 Å². The number of nitrogens with one attached hydrogen (secondary N) is 1. The van der Waals surface area contributed by atoms with Crippen LogP contribution in [0.5, 0.6) is 0 Å². The van der Waals surface area contributed by atoms with Gasteiger partial charge in [0, 0.05) is 24.2 Å². The van der Waals surface area contributed by atoms with Gasteiger partial charge in [-0.25, -0.2) is 0 Å². The molecule has 1 atom stereocenters. The summed E-state index contributed by atoms with van der Waals surface area (Å²) in [7, 11) is 0. The van der Waals surface area contributed by atoms with E-state index in [-0.39, 0.29) is 0 Å². The molecule has 1 aromatic carbocycles. The first kappa shape index (κ1) is 11.1. The van der Waals surface area contributed by atoms with Crippen LogP contribution in [0.2, 0.25) is 0 Å². The van der Waals surface area contributed by atoms with Gasteiger partial charge in [0.2, 0.25) is 0 Å². The van der Waals surface area contributed by atoms with Crippen LogP contribution >= 0.6 is 15.9 Å². The van der Waals surface area contributed by atoms with Crippen molar-refractivity contribution in [2.75, 3.05) is 19.8 Å². The van der Waals surface area contributed by atoms with E-state index in [0.29, 0.717) is 5.92 Å². The fourth-order valence-electron chi connectivity index (χ4n) is 1.81. The Hall–Kier alpha value is -0.380. The zero-order chi connectivity index (χ0) is 10.5. The highest BCUT2D eigenvalue weighted by Gasteiger charge is 2.14. The Morgan fingerprint density at radius 3 is 3.13 bits per heavy atom. The van der Waals surface area contributed by atoms with Crippen LogP contribution in [0.3, 0.4) is 0 Å². The molecule has 0 amide bonds. The molecule has 82 valence electrons. The minimum absolute atomic E-state index is 0.706. The standard InChI is InChI=1S/C12H16BrNO/c13-12-3-1-2-10(6-12)7-14-8-11-4-5-15-9-11/h1-3,6,11,14H,4-5,7-9H2. The molecule has 3 heteroatoms. The summed E-state index contributed by atoms with van der Waals surface area (Å²) in [6, 6.07) is 8.41. The number of benzene rings is 1. The first-order valence-electron chi connectivity index (χ1n) is 5.37. The average molecular weight is 270 g/mol. The molecule has 0 spiro atoms. The van der Waals surface area contributed by atoms with Crippen LogP contribution in [-0.2, 0) is 11.3 Å². The Morgan fingerprint density at radius 1 is 1.47 bits per heavy atom. The molecule has 15 heavy (non-hydrogen) atoms. The smallest absolute Gasteiger partial charge is 0.0507 e. The molecule has 0 radical (unpaired) electrons. The van der Waals surface area contributed by atoms with Crippen molar-refractivity contribution in [3.63, 3.8) is 0 Å². The van der Waals surface area contributed by atoms with Crippen molar-refractivity contribution in [2.24, 2.45) is 5.92 Å². The predicted molar refractivity (Wildman–Crippen MR) is 64.8 cm³/mol. The summed E-state index contributed by atoms with van der Waals surface area (Å²) in [6.07, 6.45) is 1.20. The molecule has 1 fully saturated rings. The Kier molecular flexibility index (Phi) is 4.18. The SMILES string of the molecule is Brc1cccc(CNCC2CCOC2)c1. The summed E-state index contributed by atoms with van der Waals surface area (Å²) in [4.78, 5) is 0. The largest absolute Gasteiger partial charge is 0.381 e. The molecule has 0 aromatic heterocycles. The van der Waals surface area contributed by atoms with Crippen LogP contribution in [0.15, 0.2) is 28.7 Å². The Balaban J connectivity index is 1.73. The van der Waals surface area contributed by atoms with E-state index in [2.05, 4.69) is 39.4 Å². The van der Waals surface area contributed by atoms with Crippen LogP contribution in [-0.4, -0.2) is 19.8 Å². The van der Waals surface area contributed by atoms with Crippen molar-refractivity contribution in [1.29, 1.82) is 0 Å². The number of halogens is 1. The van der Waals surface area contributed by atoms with Crippen LogP contribution in [0.4, 0.5) is 0 Å². The van der Waals surface area contributed by atoms with Crippen LogP contribution < -0.4 is 5.32 Å². The van der Waals surface area contributed by atoms with Crippen molar-refractivity contribution in [2.45, 2.75) is 13.0 Å². The fourth-order valence-corrected chi connectivity index (χ4v) is 2.26. The van der Waals surface area contributed by atoms with Gasteiger partial charge in [0.15, 0.2) is 0 Å². The minimum atomic E-state index is 0.706. The Morgan fingerprint density at radius 2 is 2.40 bits per heavy atom. The molecule has 1 aliphatic rings. The van der Waals surface area contributed by atoms with Crippen molar-refractivity contribution < 1.29 is 4.74 Å². The van der Waals surface area contributed by atoms with E-state index in [1.54, 1.807) is 0 Å². The number of rotatable bonds is 4. The van der Waals surface area contributed by atoms with Crippen molar-refractivity contribution in [3.05, 3.63) is 34.3 Å². The van der Waals surface area contributed by atoms with Gasteiger partial charge in [-0.1, -0.05) is 28.1 Å². The molecule has 1 N–H and O–H groups in total. The van der Waals surface area contributed by atoms with Gasteiger partial charge in [-0.05, 0) is 30.0 Å². The van der Waals surface area contributed by atoms with Gasteiger partial charge in [-0.2, -0.15) is 0 Å². The zero-order valence-electron chi connectivity index (χ0n) is 8.71. The summed E-state index contributed by atoms with van der Waals surface area (Å²) < 4.78 is 6.48. The van der Waals surface area contributed by atoms with Gasteiger partial charge in [0.1, 0.15) is 0 Å². The third-order valence-corrected chi connectivity index (χ3v) is 3.17. The van der Waals surface area contributed by atoms with Gasteiger partial charge in [0.25, 0.3) is 0 Å². The quantitative estimate of drug-likeness (QED) is 0.908. The lowest BCUT2D eigenvalue weighted by Gasteiger charge is -2.09. The van der Waals surface area contributed by atoms with E-state index in [0.717, 1.165) is 30.8 Å². The number of ether oxygens (including phenoxy) is 1. The first-order valence-corrected chi connectivity index (χ1v) is 6.17. The van der Waals surface area contributed by atoms with Gasteiger partial charge >= 0.3 is 0 Å². The minimum Gasteiger partial charge on any atom is -0.381 e. The van der Waals surface area contributed by atoms with Crippen LogP contribution in [0.25, 0.3) is 0 Å². The predicted octanol–water partition coefficient (Wildman–Crippen LogP) is 2.58. The van der Waals surface area contributed by atoms with Crippen molar-refractivity contribution in [1.82, 2.24) is 5.32 Å². The maximum Gasteiger partial charge on any atom is 0.0507 e. The molecule has 2 nitrogen and oxygen atoms in total. The summed E-state index contributed by atoms with van der Waals surface area (Å²) in [5, 5.41) is 3.47. The maximum absolute atomic E-state index is 5.33. The lowest BCUT2D eigenvalue weighted by Crippen LogP contribution is -2.22. The van der Waals surface area contributed by atoms with E-state index in [4.69, 9.17) is 4.74 Å². The van der Waals surface area contributed by atoms with E-state index in [1.165, 1.54) is 12.0 Å². The zero-order valence-corrected chi connectivity index (χ0v) is 10.3. The van der Waals surface area contributed by atoms with Gasteiger partial charge in [-0.3, -0.25) is 0 Å². The van der Waals surface area contributed by atoms with E-state index in [9.17, 15) is 0 Å². The van der Waals surface area contributed by atoms with Crippen molar-refractivity contribution >= 4 is 15.9 Å². The molecule has 1 aromatic rings. The average Bonchev–Trinajstić information content (AvgIpc) is 2.71. The molecular weight excluding hydrogens is 254 g/mol. The topological polar surface area (TPSA) is 21.3 Å². The molecule has 0 bridgehead atoms. The summed E-state index contributed by atoms with van der Waals surface area (Å²) in [5.41, 5.74) is 1.32.